The summed E-state index contributed by atoms with van der Waals surface area (Å²) in [7, 11) is 1.54. The van der Waals surface area contributed by atoms with Crippen molar-refractivity contribution in [3.8, 4) is 0 Å². The van der Waals surface area contributed by atoms with Gasteiger partial charge in [0.25, 0.3) is 0 Å². The van der Waals surface area contributed by atoms with Crippen molar-refractivity contribution in [1.82, 2.24) is 15.1 Å². The van der Waals surface area contributed by atoms with E-state index in [4.69, 9.17) is 4.74 Å². The molecule has 0 radical (unpaired) electrons. The minimum atomic E-state index is -1.28. The van der Waals surface area contributed by atoms with Gasteiger partial charge in [0.15, 0.2) is 11.8 Å². The second kappa shape index (κ2) is 9.06. The van der Waals surface area contributed by atoms with Crippen LogP contribution < -0.4 is 10.6 Å². The van der Waals surface area contributed by atoms with E-state index in [1.807, 2.05) is 23.1 Å². The van der Waals surface area contributed by atoms with Crippen LogP contribution in [0.3, 0.4) is 0 Å². The molecule has 0 bridgehead atoms. The van der Waals surface area contributed by atoms with Gasteiger partial charge in [-0.15, -0.1) is 0 Å². The highest BCUT2D eigenvalue weighted by Gasteiger charge is 2.58. The van der Waals surface area contributed by atoms with E-state index in [1.165, 1.54) is 10.5 Å². The Balaban J connectivity index is 1.22. The molecule has 1 unspecified atom stereocenters. The predicted octanol–water partition coefficient (Wildman–Crippen LogP) is 3.10. The number of aliphatic hydroxyl groups is 1. The van der Waals surface area contributed by atoms with E-state index in [0.29, 0.717) is 36.6 Å². The number of nitrogens with one attached hydrogen (secondary N) is 2. The first-order valence-electron chi connectivity index (χ1n) is 13.1. The number of benzene rings is 2. The fourth-order valence-electron chi connectivity index (χ4n) is 6.28. The summed E-state index contributed by atoms with van der Waals surface area (Å²) < 4.78 is 5.83. The zero-order chi connectivity index (χ0) is 25.7. The topological polar surface area (TPSA) is 111 Å². The number of aliphatic hydroxyl groups excluding tert-OH is 1. The van der Waals surface area contributed by atoms with Crippen LogP contribution in [0, 0.1) is 5.92 Å². The molecule has 3 N–H and O–H groups in total. The minimum absolute atomic E-state index is 0.142. The van der Waals surface area contributed by atoms with Gasteiger partial charge in [0.05, 0.1) is 0 Å². The van der Waals surface area contributed by atoms with E-state index < -0.39 is 17.9 Å². The summed E-state index contributed by atoms with van der Waals surface area (Å²) in [6.45, 7) is 0.295. The summed E-state index contributed by atoms with van der Waals surface area (Å²) in [5, 5.41) is 16.6. The molecule has 194 valence electrons. The number of fused-ring (bicyclic) bond motifs is 3. The first-order chi connectivity index (χ1) is 17.9. The Hall–Kier alpha value is -3.59. The summed E-state index contributed by atoms with van der Waals surface area (Å²) >= 11 is 0. The Bertz CT molecular complexity index is 1260. The van der Waals surface area contributed by atoms with Crippen LogP contribution in [0.25, 0.3) is 0 Å². The van der Waals surface area contributed by atoms with Crippen LogP contribution in [0.1, 0.15) is 47.9 Å². The highest BCUT2D eigenvalue weighted by atomic mass is 16.6. The zero-order valence-electron chi connectivity index (χ0n) is 20.9. The lowest BCUT2D eigenvalue weighted by molar-refractivity contribution is -0.138. The molecule has 4 amide bonds. The zero-order valence-corrected chi connectivity index (χ0v) is 20.9. The molecule has 1 saturated heterocycles. The van der Waals surface area contributed by atoms with E-state index in [0.717, 1.165) is 36.8 Å². The third kappa shape index (κ3) is 4.11. The molecule has 1 spiro atoms. The van der Waals surface area contributed by atoms with Crippen LogP contribution in [-0.2, 0) is 34.5 Å². The normalized spacial score (nSPS) is 26.4. The summed E-state index contributed by atoms with van der Waals surface area (Å²) in [5.74, 6) is 0.337. The monoisotopic (exact) mass is 504 g/mol. The molecule has 37 heavy (non-hydrogen) atoms. The molecule has 2 aliphatic carbocycles. The number of aryl methyl sites for hydroxylation is 2. The van der Waals surface area contributed by atoms with Crippen LogP contribution >= 0.6 is 0 Å². The average molecular weight is 505 g/mol. The van der Waals surface area contributed by atoms with Gasteiger partial charge in [-0.1, -0.05) is 30.3 Å². The van der Waals surface area contributed by atoms with Crippen LogP contribution in [-0.4, -0.2) is 58.8 Å². The van der Waals surface area contributed by atoms with Gasteiger partial charge >= 0.3 is 12.1 Å². The van der Waals surface area contributed by atoms with Crippen molar-refractivity contribution < 1.29 is 24.2 Å². The molecule has 0 aromatic heterocycles. The van der Waals surface area contributed by atoms with Crippen LogP contribution in [0.2, 0.25) is 0 Å². The number of rotatable bonds is 4. The highest BCUT2D eigenvalue weighted by Crippen LogP contribution is 2.48. The average Bonchev–Trinajstić information content (AvgIpc) is 3.66. The Morgan fingerprint density at radius 2 is 1.86 bits per heavy atom. The van der Waals surface area contributed by atoms with E-state index in [1.54, 1.807) is 19.2 Å². The molecule has 9 heteroatoms. The predicted molar refractivity (Wildman–Crippen MR) is 136 cm³/mol. The van der Waals surface area contributed by atoms with Crippen LogP contribution in [0.5, 0.6) is 0 Å². The quantitative estimate of drug-likeness (QED) is 0.593. The second-order valence-corrected chi connectivity index (χ2v) is 10.6. The van der Waals surface area contributed by atoms with Crippen molar-refractivity contribution in [3.05, 3.63) is 64.7 Å². The molecule has 2 aliphatic heterocycles. The van der Waals surface area contributed by atoms with Crippen molar-refractivity contribution in [2.24, 2.45) is 5.92 Å². The summed E-state index contributed by atoms with van der Waals surface area (Å²) in [4.78, 5) is 41.5. The van der Waals surface area contributed by atoms with E-state index in [9.17, 15) is 19.5 Å². The van der Waals surface area contributed by atoms with E-state index >= 15 is 0 Å². The van der Waals surface area contributed by atoms with Gasteiger partial charge in [-0.3, -0.25) is 9.69 Å². The van der Waals surface area contributed by atoms with Crippen LogP contribution in [0.15, 0.2) is 42.5 Å². The first-order valence-corrected chi connectivity index (χ1v) is 13.1. The maximum Gasteiger partial charge on any atom is 0.413 e. The molecule has 9 nitrogen and oxygen atoms in total. The van der Waals surface area contributed by atoms with Crippen LogP contribution in [0.4, 0.5) is 15.3 Å². The molecular weight excluding hydrogens is 472 g/mol. The van der Waals surface area contributed by atoms with Crippen molar-refractivity contribution in [3.63, 3.8) is 0 Å². The second-order valence-electron chi connectivity index (χ2n) is 10.6. The van der Waals surface area contributed by atoms with Gasteiger partial charge in [-0.05, 0) is 66.8 Å². The minimum Gasteiger partial charge on any atom is -0.433 e. The van der Waals surface area contributed by atoms with Gasteiger partial charge in [-0.25, -0.2) is 9.59 Å². The van der Waals surface area contributed by atoms with E-state index in [-0.39, 0.29) is 24.5 Å². The molecule has 2 aromatic carbocycles. The largest absolute Gasteiger partial charge is 0.433 e. The number of carbonyl (C=O) groups is 3. The van der Waals surface area contributed by atoms with Crippen molar-refractivity contribution in [1.29, 1.82) is 0 Å². The van der Waals surface area contributed by atoms with Gasteiger partial charge in [0.1, 0.15) is 6.54 Å². The Labute approximate surface area is 215 Å². The van der Waals surface area contributed by atoms with Crippen molar-refractivity contribution in [2.45, 2.75) is 62.9 Å². The van der Waals surface area contributed by atoms with Crippen molar-refractivity contribution >= 4 is 23.7 Å². The number of anilines is 1. The standard InChI is InChI=1S/C28H32N4O5/c1-29-26(35)30-21-9-10-22-19(14-21)12-13-28(22)25(34)32(27(36)37-28)16-24(33)31-15-20-5-3-2-4-17(20)8-11-23(31)18-6-7-18/h2-5,9-10,14,18,23,25,34H,6-8,11-13,15-16H2,1H3,(H2,29,30,35)/t23-,25?,28-/m0/s1. The first kappa shape index (κ1) is 23.8. The molecule has 2 aromatic rings. The molecule has 2 fully saturated rings. The number of ether oxygens (including phenoxy) is 1. The Morgan fingerprint density at radius 3 is 2.62 bits per heavy atom. The highest BCUT2D eigenvalue weighted by molar-refractivity contribution is 5.89. The number of hydrogen-bond donors (Lipinski definition) is 3. The maximum absolute atomic E-state index is 13.7. The fourth-order valence-corrected chi connectivity index (χ4v) is 6.28. The number of nitrogens with zero attached hydrogens (tertiary/aromatic N) is 2. The summed E-state index contributed by atoms with van der Waals surface area (Å²) in [5.41, 5.74) is 3.42. The molecule has 4 aliphatic rings. The Kier molecular flexibility index (Phi) is 5.82. The molecule has 1 saturated carbocycles. The van der Waals surface area contributed by atoms with Gasteiger partial charge < -0.3 is 25.4 Å². The number of hydrogen-bond acceptors (Lipinski definition) is 5. The maximum atomic E-state index is 13.7. The SMILES string of the molecule is CNC(=O)Nc1ccc2c(c1)CC[C@]21OC(=O)N(CC(=O)N2Cc3ccccc3CC[C@H]2C2CC2)C1O. The number of amides is 4. The molecule has 3 atom stereocenters. The van der Waals surface area contributed by atoms with Gasteiger partial charge in [-0.2, -0.15) is 0 Å². The van der Waals surface area contributed by atoms with Gasteiger partial charge in [0, 0.05) is 37.3 Å². The third-order valence-corrected chi connectivity index (χ3v) is 8.39. The lowest BCUT2D eigenvalue weighted by atomic mass is 9.93. The summed E-state index contributed by atoms with van der Waals surface area (Å²) in [6, 6.07) is 13.4. The van der Waals surface area contributed by atoms with Crippen molar-refractivity contribution in [2.75, 3.05) is 18.9 Å². The Morgan fingerprint density at radius 1 is 1.08 bits per heavy atom. The lowest BCUT2D eigenvalue weighted by Crippen LogP contribution is -2.49. The fraction of sp³-hybridized carbons (Fsp3) is 0.464. The summed E-state index contributed by atoms with van der Waals surface area (Å²) in [6.07, 6.45) is 3.12. The molecular formula is C28H32N4O5. The van der Waals surface area contributed by atoms with E-state index in [2.05, 4.69) is 22.8 Å². The smallest absolute Gasteiger partial charge is 0.413 e. The third-order valence-electron chi connectivity index (χ3n) is 8.39. The lowest BCUT2D eigenvalue weighted by Gasteiger charge is -2.33. The molecule has 6 rings (SSSR count). The number of carbonyl (C=O) groups excluding carboxylic acids is 3. The molecule has 2 heterocycles. The van der Waals surface area contributed by atoms with Gasteiger partial charge in [0.2, 0.25) is 5.91 Å². The number of urea groups is 1.